The van der Waals surface area contributed by atoms with Gasteiger partial charge in [0.1, 0.15) is 0 Å². The summed E-state index contributed by atoms with van der Waals surface area (Å²) in [7, 11) is 0. The lowest BCUT2D eigenvalue weighted by atomic mass is 10.1. The van der Waals surface area contributed by atoms with Gasteiger partial charge in [-0.3, -0.25) is 9.69 Å². The number of halogens is 2. The van der Waals surface area contributed by atoms with Crippen molar-refractivity contribution < 1.29 is 9.53 Å². The highest BCUT2D eigenvalue weighted by molar-refractivity contribution is 5.94. The van der Waals surface area contributed by atoms with Gasteiger partial charge >= 0.3 is 0 Å². The number of carbonyl (C=O) groups is 1. The van der Waals surface area contributed by atoms with Crippen molar-refractivity contribution >= 4 is 30.7 Å². The Labute approximate surface area is 143 Å². The molecule has 22 heavy (non-hydrogen) atoms. The fourth-order valence-electron chi connectivity index (χ4n) is 2.69. The molecule has 2 aliphatic rings. The maximum atomic E-state index is 12.1. The van der Waals surface area contributed by atoms with Crippen molar-refractivity contribution in [1.29, 1.82) is 0 Å². The molecule has 3 rings (SSSR count). The summed E-state index contributed by atoms with van der Waals surface area (Å²) in [6.07, 6.45) is 0. The van der Waals surface area contributed by atoms with Gasteiger partial charge in [0.15, 0.2) is 0 Å². The van der Waals surface area contributed by atoms with E-state index in [1.807, 2.05) is 18.2 Å². The second-order valence-corrected chi connectivity index (χ2v) is 5.30. The highest BCUT2D eigenvalue weighted by Crippen LogP contribution is 2.16. The van der Waals surface area contributed by atoms with E-state index in [4.69, 9.17) is 4.74 Å². The summed E-state index contributed by atoms with van der Waals surface area (Å²) < 4.78 is 5.30. The van der Waals surface area contributed by atoms with E-state index in [1.54, 1.807) is 0 Å². The molecule has 1 saturated heterocycles. The van der Waals surface area contributed by atoms with Crippen LogP contribution in [0.2, 0.25) is 0 Å². The second kappa shape index (κ2) is 9.33. The number of morpholine rings is 1. The number of fused-ring (bicyclic) bond motifs is 1. The number of rotatable bonds is 4. The third-order valence-corrected chi connectivity index (χ3v) is 3.92. The molecule has 7 heteroatoms. The van der Waals surface area contributed by atoms with Crippen molar-refractivity contribution in [2.45, 2.75) is 13.1 Å². The standard InChI is InChI=1S/C15H21N3O2.2ClH/c19-15(17-3-4-18-5-7-20-8-6-18)12-1-2-13-10-16-11-14(13)9-12;;/h1-2,9,16H,3-8,10-11H2,(H,17,19);2*1H. The Morgan fingerprint density at radius 2 is 1.91 bits per heavy atom. The van der Waals surface area contributed by atoms with Crippen LogP contribution in [0.25, 0.3) is 0 Å². The van der Waals surface area contributed by atoms with Crippen LogP contribution < -0.4 is 10.6 Å². The number of hydrogen-bond donors (Lipinski definition) is 2. The summed E-state index contributed by atoms with van der Waals surface area (Å²) in [5.41, 5.74) is 3.30. The molecule has 1 aromatic carbocycles. The van der Waals surface area contributed by atoms with Gasteiger partial charge in [0.05, 0.1) is 13.2 Å². The summed E-state index contributed by atoms with van der Waals surface area (Å²) in [6.45, 7) is 6.87. The minimum absolute atomic E-state index is 0. The largest absolute Gasteiger partial charge is 0.379 e. The Kier molecular flexibility index (Phi) is 8.14. The fraction of sp³-hybridized carbons (Fsp3) is 0.533. The molecule has 0 radical (unpaired) electrons. The zero-order valence-electron chi connectivity index (χ0n) is 12.5. The third-order valence-electron chi connectivity index (χ3n) is 3.92. The van der Waals surface area contributed by atoms with Gasteiger partial charge in [-0.15, -0.1) is 24.8 Å². The zero-order chi connectivity index (χ0) is 13.8. The zero-order valence-corrected chi connectivity index (χ0v) is 14.1. The van der Waals surface area contributed by atoms with E-state index in [2.05, 4.69) is 15.5 Å². The lowest BCUT2D eigenvalue weighted by Gasteiger charge is -2.26. The number of hydrogen-bond acceptors (Lipinski definition) is 4. The molecule has 0 unspecified atom stereocenters. The van der Waals surface area contributed by atoms with Crippen LogP contribution in [0.15, 0.2) is 18.2 Å². The van der Waals surface area contributed by atoms with Gasteiger partial charge in [-0.2, -0.15) is 0 Å². The lowest BCUT2D eigenvalue weighted by Crippen LogP contribution is -2.41. The highest BCUT2D eigenvalue weighted by Gasteiger charge is 2.14. The minimum Gasteiger partial charge on any atom is -0.379 e. The number of benzene rings is 1. The van der Waals surface area contributed by atoms with Gasteiger partial charge in [-0.25, -0.2) is 0 Å². The van der Waals surface area contributed by atoms with E-state index < -0.39 is 0 Å². The first-order chi connectivity index (χ1) is 9.83. The summed E-state index contributed by atoms with van der Waals surface area (Å²) in [5.74, 6) is 0.0213. The average Bonchev–Trinajstić information content (AvgIpc) is 2.95. The molecule has 0 bridgehead atoms. The SMILES string of the molecule is Cl.Cl.O=C(NCCN1CCOCC1)c1ccc2c(c1)CNC2. The van der Waals surface area contributed by atoms with E-state index >= 15 is 0 Å². The third kappa shape index (κ3) is 4.83. The van der Waals surface area contributed by atoms with Crippen LogP contribution in [0.1, 0.15) is 21.5 Å². The molecule has 1 fully saturated rings. The van der Waals surface area contributed by atoms with Crippen molar-refractivity contribution in [2.75, 3.05) is 39.4 Å². The van der Waals surface area contributed by atoms with Crippen LogP contribution in [0.3, 0.4) is 0 Å². The Hall–Kier alpha value is -0.850. The highest BCUT2D eigenvalue weighted by atomic mass is 35.5. The molecule has 0 atom stereocenters. The molecule has 1 aromatic rings. The summed E-state index contributed by atoms with van der Waals surface area (Å²) >= 11 is 0. The van der Waals surface area contributed by atoms with Gasteiger partial charge in [0.25, 0.3) is 5.91 Å². The van der Waals surface area contributed by atoms with Gasteiger partial charge in [0, 0.05) is 44.8 Å². The number of ether oxygens (including phenoxy) is 1. The molecular weight excluding hydrogens is 325 g/mol. The van der Waals surface area contributed by atoms with Crippen LogP contribution >= 0.6 is 24.8 Å². The maximum Gasteiger partial charge on any atom is 0.251 e. The van der Waals surface area contributed by atoms with E-state index in [9.17, 15) is 4.79 Å². The first-order valence-electron chi connectivity index (χ1n) is 7.24. The number of nitrogens with zero attached hydrogens (tertiary/aromatic N) is 1. The molecule has 1 amide bonds. The molecule has 5 nitrogen and oxygen atoms in total. The molecule has 0 spiro atoms. The van der Waals surface area contributed by atoms with Crippen LogP contribution in [-0.4, -0.2) is 50.2 Å². The van der Waals surface area contributed by atoms with Gasteiger partial charge in [0.2, 0.25) is 0 Å². The second-order valence-electron chi connectivity index (χ2n) is 5.30. The Balaban J connectivity index is 0.00000121. The molecule has 2 heterocycles. The maximum absolute atomic E-state index is 12.1. The van der Waals surface area contributed by atoms with Crippen molar-refractivity contribution in [3.8, 4) is 0 Å². The average molecular weight is 348 g/mol. The quantitative estimate of drug-likeness (QED) is 0.859. The molecule has 0 aliphatic carbocycles. The molecule has 0 aromatic heterocycles. The minimum atomic E-state index is 0. The molecule has 124 valence electrons. The van der Waals surface area contributed by atoms with Gasteiger partial charge in [-0.05, 0) is 23.3 Å². The Morgan fingerprint density at radius 3 is 2.68 bits per heavy atom. The fourth-order valence-corrected chi connectivity index (χ4v) is 2.69. The van der Waals surface area contributed by atoms with Crippen molar-refractivity contribution in [1.82, 2.24) is 15.5 Å². The summed E-state index contributed by atoms with van der Waals surface area (Å²) in [4.78, 5) is 14.4. The summed E-state index contributed by atoms with van der Waals surface area (Å²) in [6, 6.07) is 5.96. The first-order valence-corrected chi connectivity index (χ1v) is 7.24. The van der Waals surface area contributed by atoms with E-state index in [0.717, 1.165) is 51.5 Å². The lowest BCUT2D eigenvalue weighted by molar-refractivity contribution is 0.0383. The van der Waals surface area contributed by atoms with E-state index in [-0.39, 0.29) is 30.7 Å². The van der Waals surface area contributed by atoms with Crippen LogP contribution in [0, 0.1) is 0 Å². The van der Waals surface area contributed by atoms with Gasteiger partial charge in [-0.1, -0.05) is 6.07 Å². The molecular formula is C15H23Cl2N3O2. The number of carbonyl (C=O) groups excluding carboxylic acids is 1. The first kappa shape index (κ1) is 19.2. The predicted octanol–water partition coefficient (Wildman–Crippen LogP) is 1.20. The van der Waals surface area contributed by atoms with Crippen molar-refractivity contribution in [3.05, 3.63) is 34.9 Å². The van der Waals surface area contributed by atoms with Crippen LogP contribution in [0.4, 0.5) is 0 Å². The normalized spacial score (nSPS) is 17.1. The summed E-state index contributed by atoms with van der Waals surface area (Å²) in [5, 5.41) is 6.29. The monoisotopic (exact) mass is 347 g/mol. The smallest absolute Gasteiger partial charge is 0.251 e. The molecule has 2 aliphatic heterocycles. The molecule has 0 saturated carbocycles. The van der Waals surface area contributed by atoms with Crippen LogP contribution in [-0.2, 0) is 17.8 Å². The van der Waals surface area contributed by atoms with Crippen molar-refractivity contribution in [2.24, 2.45) is 0 Å². The number of amides is 1. The Morgan fingerprint density at radius 1 is 1.18 bits per heavy atom. The topological polar surface area (TPSA) is 53.6 Å². The molecule has 2 N–H and O–H groups in total. The number of nitrogens with one attached hydrogen (secondary N) is 2. The van der Waals surface area contributed by atoms with E-state index in [0.29, 0.717) is 6.54 Å². The van der Waals surface area contributed by atoms with E-state index in [1.165, 1.54) is 11.1 Å². The predicted molar refractivity (Wildman–Crippen MR) is 91.1 cm³/mol. The van der Waals surface area contributed by atoms with Crippen molar-refractivity contribution in [3.63, 3.8) is 0 Å². The van der Waals surface area contributed by atoms with Crippen LogP contribution in [0.5, 0.6) is 0 Å². The van der Waals surface area contributed by atoms with Gasteiger partial charge < -0.3 is 15.4 Å². The Bertz CT molecular complexity index is 494.